The molecule has 24 heavy (non-hydrogen) atoms. The molecule has 0 bridgehead atoms. The van der Waals surface area contributed by atoms with E-state index in [1.165, 1.54) is 0 Å². The summed E-state index contributed by atoms with van der Waals surface area (Å²) in [4.78, 5) is 21.7. The summed E-state index contributed by atoms with van der Waals surface area (Å²) in [5.41, 5.74) is 0.908. The number of carbonyl (C=O) groups excluding carboxylic acids is 1. The molecule has 1 amide bonds. The summed E-state index contributed by atoms with van der Waals surface area (Å²) in [6.07, 6.45) is 2.96. The van der Waals surface area contributed by atoms with Gasteiger partial charge in [-0.2, -0.15) is 0 Å². The van der Waals surface area contributed by atoms with Gasteiger partial charge in [0.05, 0.1) is 32.5 Å². The van der Waals surface area contributed by atoms with Crippen molar-refractivity contribution in [3.05, 3.63) is 48.0 Å². The predicted molar refractivity (Wildman–Crippen MR) is 84.3 cm³/mol. The van der Waals surface area contributed by atoms with E-state index in [4.69, 9.17) is 9.47 Å². The molecule has 6 nitrogen and oxygen atoms in total. The molecule has 1 aliphatic heterocycles. The van der Waals surface area contributed by atoms with Crippen LogP contribution < -0.4 is 9.47 Å². The van der Waals surface area contributed by atoms with E-state index in [0.717, 1.165) is 23.7 Å². The van der Waals surface area contributed by atoms with Crippen LogP contribution in [-0.4, -0.2) is 47.1 Å². The third-order valence-corrected chi connectivity index (χ3v) is 3.86. The third kappa shape index (κ3) is 3.98. The molecule has 0 aliphatic carbocycles. The Hall–Kier alpha value is -2.70. The summed E-state index contributed by atoms with van der Waals surface area (Å²) >= 11 is 0. The monoisotopic (exact) mass is 331 g/mol. The number of halogens is 1. The highest BCUT2D eigenvalue weighted by Crippen LogP contribution is 2.18. The fourth-order valence-corrected chi connectivity index (χ4v) is 2.63. The lowest BCUT2D eigenvalue weighted by atomic mass is 10.1. The maximum Gasteiger partial charge on any atom is 0.316 e. The van der Waals surface area contributed by atoms with Crippen LogP contribution in [0, 0.1) is 5.82 Å². The minimum Gasteiger partial charge on any atom is -0.497 e. The Labute approximate surface area is 139 Å². The molecule has 3 rings (SSSR count). The minimum atomic E-state index is -0.510. The summed E-state index contributed by atoms with van der Waals surface area (Å²) in [5, 5.41) is 0. The van der Waals surface area contributed by atoms with Crippen molar-refractivity contribution in [1.29, 1.82) is 0 Å². The molecule has 2 heterocycles. The lowest BCUT2D eigenvalue weighted by Gasteiger charge is -2.17. The van der Waals surface area contributed by atoms with E-state index in [2.05, 4.69) is 9.97 Å². The molecule has 7 heteroatoms. The van der Waals surface area contributed by atoms with Gasteiger partial charge in [0.25, 0.3) is 0 Å². The van der Waals surface area contributed by atoms with Crippen molar-refractivity contribution in [1.82, 2.24) is 14.9 Å². The van der Waals surface area contributed by atoms with Gasteiger partial charge >= 0.3 is 6.01 Å². The number of hydrogen-bond acceptors (Lipinski definition) is 5. The summed E-state index contributed by atoms with van der Waals surface area (Å²) in [7, 11) is 1.60. The fraction of sp³-hybridized carbons (Fsp3) is 0.353. The number of benzene rings is 1. The fourth-order valence-electron chi connectivity index (χ4n) is 2.63. The molecule has 1 aromatic heterocycles. The van der Waals surface area contributed by atoms with Gasteiger partial charge in [-0.05, 0) is 17.7 Å². The highest BCUT2D eigenvalue weighted by atomic mass is 19.1. The van der Waals surface area contributed by atoms with E-state index in [0.29, 0.717) is 25.9 Å². The lowest BCUT2D eigenvalue weighted by molar-refractivity contribution is -0.129. The zero-order valence-corrected chi connectivity index (χ0v) is 13.3. The Morgan fingerprint density at radius 3 is 2.92 bits per heavy atom. The van der Waals surface area contributed by atoms with Crippen LogP contribution in [0.1, 0.15) is 12.0 Å². The number of amides is 1. The largest absolute Gasteiger partial charge is 0.497 e. The van der Waals surface area contributed by atoms with Crippen LogP contribution in [0.3, 0.4) is 0 Å². The number of rotatable bonds is 5. The number of methoxy groups -OCH3 is 1. The van der Waals surface area contributed by atoms with Crippen LogP contribution in [0.15, 0.2) is 36.7 Å². The van der Waals surface area contributed by atoms with E-state index in [-0.39, 0.29) is 18.0 Å². The Bertz CT molecular complexity index is 708. The molecular weight excluding hydrogens is 313 g/mol. The summed E-state index contributed by atoms with van der Waals surface area (Å²) in [6, 6.07) is 7.59. The number of carbonyl (C=O) groups is 1. The first kappa shape index (κ1) is 16.2. The first-order valence-corrected chi connectivity index (χ1v) is 7.69. The highest BCUT2D eigenvalue weighted by molar-refractivity contribution is 5.79. The van der Waals surface area contributed by atoms with Gasteiger partial charge in [0.2, 0.25) is 5.91 Å². The molecular formula is C17H18FN3O3. The molecule has 126 valence electrons. The van der Waals surface area contributed by atoms with Gasteiger partial charge in [-0.25, -0.2) is 14.4 Å². The van der Waals surface area contributed by atoms with Crippen molar-refractivity contribution in [2.75, 3.05) is 20.2 Å². The average molecular weight is 331 g/mol. The first-order chi connectivity index (χ1) is 11.6. The van der Waals surface area contributed by atoms with Crippen molar-refractivity contribution in [2.24, 2.45) is 0 Å². The van der Waals surface area contributed by atoms with Gasteiger partial charge in [-0.3, -0.25) is 4.79 Å². The van der Waals surface area contributed by atoms with E-state index in [9.17, 15) is 9.18 Å². The number of nitrogens with zero attached hydrogens (tertiary/aromatic N) is 3. The van der Waals surface area contributed by atoms with Crippen molar-refractivity contribution in [3.8, 4) is 11.8 Å². The Morgan fingerprint density at radius 2 is 2.17 bits per heavy atom. The van der Waals surface area contributed by atoms with Gasteiger partial charge in [0.1, 0.15) is 11.9 Å². The third-order valence-electron chi connectivity index (χ3n) is 3.86. The second-order valence-electron chi connectivity index (χ2n) is 5.58. The molecule has 0 spiro atoms. The summed E-state index contributed by atoms with van der Waals surface area (Å²) < 4.78 is 23.5. The molecule has 1 fully saturated rings. The van der Waals surface area contributed by atoms with Crippen molar-refractivity contribution >= 4 is 5.91 Å². The molecule has 0 unspecified atom stereocenters. The first-order valence-electron chi connectivity index (χ1n) is 7.69. The molecule has 0 radical (unpaired) electrons. The van der Waals surface area contributed by atoms with Gasteiger partial charge in [-0.15, -0.1) is 0 Å². The molecule has 1 aromatic carbocycles. The molecule has 1 atom stereocenters. The summed E-state index contributed by atoms with van der Waals surface area (Å²) in [5.74, 6) is 0.259. The van der Waals surface area contributed by atoms with Crippen LogP contribution in [0.25, 0.3) is 0 Å². The molecule has 0 N–H and O–H groups in total. The number of ether oxygens (including phenoxy) is 2. The van der Waals surface area contributed by atoms with Crippen LogP contribution in [0.5, 0.6) is 11.8 Å². The van der Waals surface area contributed by atoms with Crippen LogP contribution >= 0.6 is 0 Å². The van der Waals surface area contributed by atoms with E-state index in [1.54, 1.807) is 12.0 Å². The number of aromatic nitrogens is 2. The normalized spacial score (nSPS) is 16.9. The van der Waals surface area contributed by atoms with Gasteiger partial charge < -0.3 is 14.4 Å². The number of likely N-dealkylation sites (tertiary alicyclic amines) is 1. The molecule has 0 saturated carbocycles. The number of hydrogen-bond donors (Lipinski definition) is 0. The Kier molecular flexibility index (Phi) is 4.88. The van der Waals surface area contributed by atoms with Gasteiger partial charge in [0, 0.05) is 13.0 Å². The zero-order chi connectivity index (χ0) is 16.9. The average Bonchev–Trinajstić information content (AvgIpc) is 3.06. The maximum atomic E-state index is 12.8. The van der Waals surface area contributed by atoms with Crippen molar-refractivity contribution < 1.29 is 18.7 Å². The topological polar surface area (TPSA) is 64.5 Å². The Balaban J connectivity index is 1.54. The van der Waals surface area contributed by atoms with E-state index in [1.807, 2.05) is 24.3 Å². The molecule has 1 aliphatic rings. The minimum absolute atomic E-state index is 0.0365. The van der Waals surface area contributed by atoms with Gasteiger partial charge in [0.15, 0.2) is 5.82 Å². The standard InChI is InChI=1S/C17H18FN3O3/c1-23-14-4-2-3-12(7-14)8-16(22)21-6-5-15(11-21)24-17-19-9-13(18)10-20-17/h2-4,7,9-10,15H,5-6,8,11H2,1H3/t15-/m1/s1. The lowest BCUT2D eigenvalue weighted by Crippen LogP contribution is -2.32. The van der Waals surface area contributed by atoms with Crippen LogP contribution in [-0.2, 0) is 11.2 Å². The molecule has 2 aromatic rings. The van der Waals surface area contributed by atoms with E-state index >= 15 is 0 Å². The maximum absolute atomic E-state index is 12.8. The second kappa shape index (κ2) is 7.25. The molecule has 1 saturated heterocycles. The predicted octanol–water partition coefficient (Wildman–Crippen LogP) is 1.85. The highest BCUT2D eigenvalue weighted by Gasteiger charge is 2.28. The Morgan fingerprint density at radius 1 is 1.38 bits per heavy atom. The SMILES string of the molecule is COc1cccc(CC(=O)N2CC[C@@H](Oc3ncc(F)cn3)C2)c1. The quantitative estimate of drug-likeness (QED) is 0.836. The summed E-state index contributed by atoms with van der Waals surface area (Å²) in [6.45, 7) is 1.10. The smallest absolute Gasteiger partial charge is 0.316 e. The van der Waals surface area contributed by atoms with E-state index < -0.39 is 5.82 Å². The zero-order valence-electron chi connectivity index (χ0n) is 13.3. The van der Waals surface area contributed by atoms with Crippen molar-refractivity contribution in [2.45, 2.75) is 18.9 Å². The van der Waals surface area contributed by atoms with Crippen molar-refractivity contribution in [3.63, 3.8) is 0 Å². The van der Waals surface area contributed by atoms with Gasteiger partial charge in [-0.1, -0.05) is 12.1 Å². The van der Waals surface area contributed by atoms with Crippen LogP contribution in [0.4, 0.5) is 4.39 Å². The van der Waals surface area contributed by atoms with Crippen LogP contribution in [0.2, 0.25) is 0 Å². The second-order valence-corrected chi connectivity index (χ2v) is 5.58.